The molecular formula is C15H17NO. The first-order valence-corrected chi connectivity index (χ1v) is 6.16. The van der Waals surface area contributed by atoms with Gasteiger partial charge in [-0.1, -0.05) is 30.2 Å². The summed E-state index contributed by atoms with van der Waals surface area (Å²) in [5, 5.41) is 3.42. The van der Waals surface area contributed by atoms with Crippen LogP contribution in [0.1, 0.15) is 24.5 Å². The third-order valence-electron chi connectivity index (χ3n) is 4.19. The van der Waals surface area contributed by atoms with Gasteiger partial charge in [0.2, 0.25) is 0 Å². The lowest BCUT2D eigenvalue weighted by molar-refractivity contribution is 0.00921. The van der Waals surface area contributed by atoms with Crippen molar-refractivity contribution < 1.29 is 4.74 Å². The zero-order chi connectivity index (χ0) is 11.9. The third kappa shape index (κ3) is 1.50. The summed E-state index contributed by atoms with van der Waals surface area (Å²) in [7, 11) is 0. The molecule has 1 aromatic carbocycles. The first kappa shape index (κ1) is 10.8. The Labute approximate surface area is 102 Å². The van der Waals surface area contributed by atoms with Crippen LogP contribution in [0.15, 0.2) is 24.3 Å². The van der Waals surface area contributed by atoms with Gasteiger partial charge in [-0.2, -0.15) is 0 Å². The molecule has 1 aromatic rings. The van der Waals surface area contributed by atoms with Gasteiger partial charge in [-0.05, 0) is 24.5 Å². The van der Waals surface area contributed by atoms with Gasteiger partial charge in [0.15, 0.2) is 0 Å². The Kier molecular flexibility index (Phi) is 2.47. The Hall–Kier alpha value is -1.30. The Bertz CT molecular complexity index is 476. The van der Waals surface area contributed by atoms with Crippen LogP contribution < -0.4 is 5.32 Å². The number of terminal acetylenes is 1. The number of ether oxygens (including phenoxy) is 1. The van der Waals surface area contributed by atoms with E-state index in [9.17, 15) is 0 Å². The van der Waals surface area contributed by atoms with Crippen LogP contribution >= 0.6 is 0 Å². The van der Waals surface area contributed by atoms with Crippen molar-refractivity contribution >= 4 is 0 Å². The van der Waals surface area contributed by atoms with E-state index in [1.54, 1.807) is 0 Å². The van der Waals surface area contributed by atoms with Crippen LogP contribution in [0, 0.1) is 12.3 Å². The molecule has 3 unspecified atom stereocenters. The molecule has 0 radical (unpaired) electrons. The smallest absolute Gasteiger partial charge is 0.0723 e. The number of rotatable bonds is 2. The number of hydrogen-bond donors (Lipinski definition) is 1. The van der Waals surface area contributed by atoms with Crippen LogP contribution in [0.2, 0.25) is 0 Å². The summed E-state index contributed by atoms with van der Waals surface area (Å²) in [5.41, 5.74) is 2.94. The van der Waals surface area contributed by atoms with Crippen LogP contribution in [0.5, 0.6) is 0 Å². The van der Waals surface area contributed by atoms with Crippen molar-refractivity contribution in [1.29, 1.82) is 0 Å². The number of fused-ring (bicyclic) bond motifs is 2. The highest BCUT2D eigenvalue weighted by atomic mass is 16.5. The predicted molar refractivity (Wildman–Crippen MR) is 67.6 cm³/mol. The highest BCUT2D eigenvalue weighted by Gasteiger charge is 2.61. The summed E-state index contributed by atoms with van der Waals surface area (Å²) in [6.45, 7) is 3.55. The van der Waals surface area contributed by atoms with Crippen molar-refractivity contribution in [3.8, 4) is 12.3 Å². The van der Waals surface area contributed by atoms with Gasteiger partial charge >= 0.3 is 0 Å². The molecule has 17 heavy (non-hydrogen) atoms. The highest BCUT2D eigenvalue weighted by Crippen LogP contribution is 2.55. The van der Waals surface area contributed by atoms with Crippen LogP contribution in [0.3, 0.4) is 0 Å². The second kappa shape index (κ2) is 3.87. The summed E-state index contributed by atoms with van der Waals surface area (Å²) < 4.78 is 5.90. The fraction of sp³-hybridized carbons (Fsp3) is 0.467. The van der Waals surface area contributed by atoms with Crippen molar-refractivity contribution in [2.45, 2.75) is 37.5 Å². The van der Waals surface area contributed by atoms with Crippen LogP contribution in [0.4, 0.5) is 0 Å². The molecule has 0 saturated heterocycles. The molecule has 2 nitrogen and oxygen atoms in total. The summed E-state index contributed by atoms with van der Waals surface area (Å²) in [6.07, 6.45) is 6.71. The van der Waals surface area contributed by atoms with Crippen molar-refractivity contribution in [2.75, 3.05) is 6.54 Å². The first-order chi connectivity index (χ1) is 8.29. The summed E-state index contributed by atoms with van der Waals surface area (Å²) in [6, 6.07) is 9.08. The number of nitrogens with one attached hydrogen (secondary N) is 1. The fourth-order valence-corrected chi connectivity index (χ4v) is 3.14. The van der Waals surface area contributed by atoms with E-state index in [-0.39, 0.29) is 11.5 Å². The zero-order valence-corrected chi connectivity index (χ0v) is 10.1. The Balaban J connectivity index is 1.93. The van der Waals surface area contributed by atoms with E-state index in [0.717, 1.165) is 13.0 Å². The van der Waals surface area contributed by atoms with E-state index in [4.69, 9.17) is 11.2 Å². The van der Waals surface area contributed by atoms with Crippen LogP contribution in [-0.2, 0) is 16.8 Å². The molecule has 1 aliphatic carbocycles. The molecular weight excluding hydrogens is 210 g/mol. The monoisotopic (exact) mass is 227 g/mol. The summed E-state index contributed by atoms with van der Waals surface area (Å²) in [4.78, 5) is 0. The molecule has 3 atom stereocenters. The summed E-state index contributed by atoms with van der Waals surface area (Å²) in [5.74, 6) is 2.65. The maximum atomic E-state index is 5.90. The molecule has 2 heteroatoms. The van der Waals surface area contributed by atoms with Crippen molar-refractivity contribution in [3.63, 3.8) is 0 Å². The van der Waals surface area contributed by atoms with Gasteiger partial charge in [0.25, 0.3) is 0 Å². The molecule has 88 valence electrons. The van der Waals surface area contributed by atoms with Crippen molar-refractivity contribution in [2.24, 2.45) is 0 Å². The highest BCUT2D eigenvalue weighted by molar-refractivity contribution is 5.45. The molecule has 1 fully saturated rings. The molecule has 1 spiro atoms. The topological polar surface area (TPSA) is 21.3 Å². The molecule has 0 aromatic heterocycles. The maximum absolute atomic E-state index is 5.90. The largest absolute Gasteiger partial charge is 0.373 e. The standard InChI is InChI=1S/C15H17NO/c1-3-8-16-14-9-15(14)11(2)17-10-12-6-4-5-7-13(12)15/h1,4-7,11,14,16H,8-10H2,2H3. The minimum absolute atomic E-state index is 0.158. The molecule has 3 rings (SSSR count). The van der Waals surface area contributed by atoms with Gasteiger partial charge in [-0.15, -0.1) is 6.42 Å². The average Bonchev–Trinajstić information content (AvgIpc) is 3.08. The Morgan fingerprint density at radius 2 is 2.35 bits per heavy atom. The second-order valence-corrected chi connectivity index (χ2v) is 4.99. The normalized spacial score (nSPS) is 34.1. The maximum Gasteiger partial charge on any atom is 0.0723 e. The van der Waals surface area contributed by atoms with Gasteiger partial charge in [-0.3, -0.25) is 0 Å². The van der Waals surface area contributed by atoms with Gasteiger partial charge in [0, 0.05) is 11.5 Å². The van der Waals surface area contributed by atoms with Gasteiger partial charge in [0.05, 0.1) is 19.3 Å². The lowest BCUT2D eigenvalue weighted by atomic mass is 9.84. The van der Waals surface area contributed by atoms with Crippen molar-refractivity contribution in [3.05, 3.63) is 35.4 Å². The Morgan fingerprint density at radius 1 is 1.53 bits per heavy atom. The van der Waals surface area contributed by atoms with E-state index in [1.807, 2.05) is 0 Å². The molecule has 1 N–H and O–H groups in total. The number of benzene rings is 1. The second-order valence-electron chi connectivity index (χ2n) is 4.99. The minimum atomic E-state index is 0.158. The third-order valence-corrected chi connectivity index (χ3v) is 4.19. The molecule has 1 saturated carbocycles. The molecule has 1 heterocycles. The minimum Gasteiger partial charge on any atom is -0.373 e. The fourth-order valence-electron chi connectivity index (χ4n) is 3.14. The van der Waals surface area contributed by atoms with E-state index in [1.165, 1.54) is 11.1 Å². The molecule has 2 aliphatic rings. The van der Waals surface area contributed by atoms with Crippen molar-refractivity contribution in [1.82, 2.24) is 5.32 Å². The number of hydrogen-bond acceptors (Lipinski definition) is 2. The van der Waals surface area contributed by atoms with Crippen LogP contribution in [-0.4, -0.2) is 18.7 Å². The predicted octanol–water partition coefficient (Wildman–Crippen LogP) is 1.84. The lowest BCUT2D eigenvalue weighted by Crippen LogP contribution is -2.38. The zero-order valence-electron chi connectivity index (χ0n) is 10.1. The van der Waals surface area contributed by atoms with E-state index >= 15 is 0 Å². The van der Waals surface area contributed by atoms with E-state index < -0.39 is 0 Å². The average molecular weight is 227 g/mol. The quantitative estimate of drug-likeness (QED) is 0.778. The van der Waals surface area contributed by atoms with E-state index in [0.29, 0.717) is 12.6 Å². The van der Waals surface area contributed by atoms with Gasteiger partial charge in [0.1, 0.15) is 0 Å². The molecule has 0 amide bonds. The SMILES string of the molecule is C#CCNC1CC12c1ccccc1COC2C. The lowest BCUT2D eigenvalue weighted by Gasteiger charge is -2.33. The van der Waals surface area contributed by atoms with E-state index in [2.05, 4.69) is 42.4 Å². The Morgan fingerprint density at radius 3 is 3.18 bits per heavy atom. The first-order valence-electron chi connectivity index (χ1n) is 6.16. The molecule has 1 aliphatic heterocycles. The summed E-state index contributed by atoms with van der Waals surface area (Å²) >= 11 is 0. The molecule has 0 bridgehead atoms. The van der Waals surface area contributed by atoms with Crippen LogP contribution in [0.25, 0.3) is 0 Å². The van der Waals surface area contributed by atoms with Gasteiger partial charge in [-0.25, -0.2) is 0 Å². The van der Waals surface area contributed by atoms with Gasteiger partial charge < -0.3 is 10.1 Å².